The predicted octanol–water partition coefficient (Wildman–Crippen LogP) is 1.10. The molecular formula is C7H7FO2S. The molecule has 1 aromatic rings. The number of hydrogen-bond acceptors (Lipinski definition) is 2. The van der Waals surface area contributed by atoms with Crippen LogP contribution in [0.1, 0.15) is 5.56 Å². The summed E-state index contributed by atoms with van der Waals surface area (Å²) in [7, 11) is -2.59. The lowest BCUT2D eigenvalue weighted by atomic mass is 10.2. The van der Waals surface area contributed by atoms with E-state index in [0.29, 0.717) is 5.56 Å². The van der Waals surface area contributed by atoms with Gasteiger partial charge in [0.25, 0.3) is 0 Å². The van der Waals surface area contributed by atoms with Crippen molar-refractivity contribution in [3.8, 4) is 0 Å². The van der Waals surface area contributed by atoms with Crippen LogP contribution in [0.3, 0.4) is 0 Å². The van der Waals surface area contributed by atoms with E-state index >= 15 is 0 Å². The Hall–Kier alpha value is -0.900. The first-order valence-electron chi connectivity index (χ1n) is 3.02. The van der Waals surface area contributed by atoms with Gasteiger partial charge < -0.3 is 0 Å². The van der Waals surface area contributed by atoms with Crippen LogP contribution in [0.4, 0.5) is 4.39 Å². The van der Waals surface area contributed by atoms with E-state index in [2.05, 4.69) is 0 Å². The molecule has 4 heteroatoms. The highest BCUT2D eigenvalue weighted by Crippen LogP contribution is 2.09. The lowest BCUT2D eigenvalue weighted by Gasteiger charge is -1.94. The summed E-state index contributed by atoms with van der Waals surface area (Å²) < 4.78 is 33.3. The fourth-order valence-corrected chi connectivity index (χ4v) is 1.24. The van der Waals surface area contributed by atoms with E-state index < -0.39 is 10.7 Å². The van der Waals surface area contributed by atoms with E-state index in [9.17, 15) is 12.8 Å². The number of benzene rings is 1. The molecule has 0 aliphatic rings. The van der Waals surface area contributed by atoms with E-state index in [1.807, 2.05) is 0 Å². The van der Waals surface area contributed by atoms with E-state index in [0.717, 1.165) is 6.07 Å². The fraction of sp³-hybridized carbons (Fsp3) is 0.143. The lowest BCUT2D eigenvalue weighted by molar-refractivity contribution is 0.609. The molecule has 0 unspecified atom stereocenters. The number of rotatable bonds is 1. The van der Waals surface area contributed by atoms with Crippen LogP contribution in [0.25, 0.3) is 0 Å². The van der Waals surface area contributed by atoms with Gasteiger partial charge in [-0.05, 0) is 30.7 Å². The zero-order valence-electron chi connectivity index (χ0n) is 5.87. The Kier molecular flexibility index (Phi) is 2.24. The van der Waals surface area contributed by atoms with Crippen LogP contribution >= 0.6 is 0 Å². The number of halogens is 1. The maximum atomic E-state index is 12.6. The summed E-state index contributed by atoms with van der Waals surface area (Å²) in [5, 5.41) is 0. The van der Waals surface area contributed by atoms with Crippen molar-refractivity contribution in [2.75, 3.05) is 0 Å². The molecule has 1 rings (SSSR count). The molecule has 0 aliphatic heterocycles. The molecule has 0 radical (unpaired) electrons. The number of hydrogen-bond donors (Lipinski definition) is 1. The fourth-order valence-electron chi connectivity index (χ4n) is 0.742. The molecule has 0 fully saturated rings. The molecule has 0 aliphatic carbocycles. The van der Waals surface area contributed by atoms with Gasteiger partial charge >= 0.3 is 0 Å². The van der Waals surface area contributed by atoms with Crippen molar-refractivity contribution in [1.29, 1.82) is 0 Å². The smallest absolute Gasteiger partial charge is 0.168 e. The van der Waals surface area contributed by atoms with Crippen LogP contribution in [0, 0.1) is 12.7 Å². The first-order chi connectivity index (χ1) is 5.11. The van der Waals surface area contributed by atoms with Gasteiger partial charge in [0.2, 0.25) is 0 Å². The second-order valence-corrected chi connectivity index (χ2v) is 3.22. The predicted molar refractivity (Wildman–Crippen MR) is 39.7 cm³/mol. The molecule has 2 nitrogen and oxygen atoms in total. The molecule has 0 amide bonds. The first-order valence-corrected chi connectivity index (χ1v) is 4.19. The van der Waals surface area contributed by atoms with Crippen LogP contribution in [-0.4, -0.2) is 8.42 Å². The normalized spacial score (nSPS) is 10.5. The van der Waals surface area contributed by atoms with Crippen molar-refractivity contribution in [3.63, 3.8) is 0 Å². The van der Waals surface area contributed by atoms with Gasteiger partial charge in [0.15, 0.2) is 10.7 Å². The molecule has 0 spiro atoms. The Labute approximate surface area is 65.6 Å². The number of aryl methyl sites for hydroxylation is 1. The Balaban J connectivity index is 3.26. The Morgan fingerprint density at radius 2 is 2.00 bits per heavy atom. The van der Waals surface area contributed by atoms with Crippen LogP contribution in [0.5, 0.6) is 0 Å². The van der Waals surface area contributed by atoms with Crippen LogP contribution in [0.2, 0.25) is 0 Å². The van der Waals surface area contributed by atoms with Crippen LogP contribution < -0.4 is 0 Å². The van der Waals surface area contributed by atoms with Crippen molar-refractivity contribution in [3.05, 3.63) is 29.6 Å². The molecule has 1 aromatic carbocycles. The van der Waals surface area contributed by atoms with Gasteiger partial charge in [-0.25, -0.2) is 12.8 Å². The standard InChI is InChI=1S/C7H7FO2S/c1-5-4-6(11(9)10)2-3-7(5)8/h2-4,11H,1H3. The third-order valence-electron chi connectivity index (χ3n) is 1.35. The highest BCUT2D eigenvalue weighted by Gasteiger charge is 1.99. The summed E-state index contributed by atoms with van der Waals surface area (Å²) in [6.45, 7) is 1.53. The summed E-state index contributed by atoms with van der Waals surface area (Å²) >= 11 is 0. The molecule has 0 saturated carbocycles. The summed E-state index contributed by atoms with van der Waals surface area (Å²) in [5.74, 6) is -0.384. The van der Waals surface area contributed by atoms with Crippen molar-refractivity contribution < 1.29 is 12.8 Å². The summed E-state index contributed by atoms with van der Waals surface area (Å²) in [6, 6.07) is 3.70. The quantitative estimate of drug-likeness (QED) is 0.647. The second-order valence-electron chi connectivity index (χ2n) is 2.19. The SMILES string of the molecule is Cc1cc([SH](=O)=O)ccc1F. The monoisotopic (exact) mass is 174 g/mol. The minimum Gasteiger partial charge on any atom is -0.227 e. The number of thiol groups is 1. The van der Waals surface area contributed by atoms with Crippen molar-refractivity contribution >= 4 is 10.7 Å². The van der Waals surface area contributed by atoms with E-state index in [-0.39, 0.29) is 10.7 Å². The van der Waals surface area contributed by atoms with Gasteiger partial charge in [-0.2, -0.15) is 0 Å². The Morgan fingerprint density at radius 3 is 2.45 bits per heavy atom. The van der Waals surface area contributed by atoms with E-state index in [1.54, 1.807) is 0 Å². The summed E-state index contributed by atoms with van der Waals surface area (Å²) in [6.07, 6.45) is 0. The molecule has 0 atom stereocenters. The van der Waals surface area contributed by atoms with E-state index in [4.69, 9.17) is 0 Å². The van der Waals surface area contributed by atoms with Crippen molar-refractivity contribution in [1.82, 2.24) is 0 Å². The second kappa shape index (κ2) is 3.00. The van der Waals surface area contributed by atoms with Gasteiger partial charge in [0.05, 0.1) is 4.90 Å². The van der Waals surface area contributed by atoms with Crippen LogP contribution in [0.15, 0.2) is 23.1 Å². The molecular weight excluding hydrogens is 167 g/mol. The Morgan fingerprint density at radius 1 is 1.36 bits per heavy atom. The minimum absolute atomic E-state index is 0.152. The van der Waals surface area contributed by atoms with Crippen LogP contribution in [-0.2, 0) is 10.7 Å². The molecule has 11 heavy (non-hydrogen) atoms. The molecule has 0 saturated heterocycles. The van der Waals surface area contributed by atoms with E-state index in [1.165, 1.54) is 19.1 Å². The lowest BCUT2D eigenvalue weighted by Crippen LogP contribution is -1.85. The Bertz CT molecular complexity index is 336. The van der Waals surface area contributed by atoms with Crippen molar-refractivity contribution in [2.24, 2.45) is 0 Å². The highest BCUT2D eigenvalue weighted by atomic mass is 32.2. The molecule has 0 N–H and O–H groups in total. The zero-order valence-corrected chi connectivity index (χ0v) is 6.77. The highest BCUT2D eigenvalue weighted by molar-refractivity contribution is 7.72. The van der Waals surface area contributed by atoms with Crippen molar-refractivity contribution in [2.45, 2.75) is 11.8 Å². The van der Waals surface area contributed by atoms with Gasteiger partial charge in [-0.15, -0.1) is 0 Å². The van der Waals surface area contributed by atoms with Gasteiger partial charge in [0, 0.05) is 0 Å². The minimum atomic E-state index is -2.59. The largest absolute Gasteiger partial charge is 0.227 e. The topological polar surface area (TPSA) is 34.1 Å². The zero-order chi connectivity index (χ0) is 8.43. The van der Waals surface area contributed by atoms with Gasteiger partial charge in [-0.1, -0.05) is 0 Å². The van der Waals surface area contributed by atoms with Gasteiger partial charge in [-0.3, -0.25) is 0 Å². The first kappa shape index (κ1) is 8.20. The third kappa shape index (κ3) is 1.77. The molecule has 0 aromatic heterocycles. The summed E-state index contributed by atoms with van der Waals surface area (Å²) in [5.41, 5.74) is 0.349. The third-order valence-corrected chi connectivity index (χ3v) is 2.05. The molecule has 0 bridgehead atoms. The van der Waals surface area contributed by atoms with Gasteiger partial charge in [0.1, 0.15) is 5.82 Å². The molecule has 60 valence electrons. The summed E-state index contributed by atoms with van der Waals surface area (Å²) in [4.78, 5) is 0.152. The average Bonchev–Trinajstić information content (AvgIpc) is 1.94. The molecule has 0 heterocycles. The average molecular weight is 174 g/mol. The maximum absolute atomic E-state index is 12.6. The maximum Gasteiger partial charge on any atom is 0.168 e.